The molecular formula is C33H37F3N4O3. The normalized spacial score (nSPS) is 31.0. The summed E-state index contributed by atoms with van der Waals surface area (Å²) in [6.07, 6.45) is 8.09. The fourth-order valence-electron chi connectivity index (χ4n) is 7.92. The maximum atomic E-state index is 14.6. The quantitative estimate of drug-likeness (QED) is 0.268. The average molecular weight is 595 g/mol. The van der Waals surface area contributed by atoms with Crippen molar-refractivity contribution in [1.29, 1.82) is 0 Å². The molecule has 4 bridgehead atoms. The van der Waals surface area contributed by atoms with Crippen LogP contribution in [0.3, 0.4) is 0 Å². The molecule has 6 aliphatic rings. The molecule has 0 spiro atoms. The third-order valence-corrected chi connectivity index (χ3v) is 10.5. The summed E-state index contributed by atoms with van der Waals surface area (Å²) in [5, 5.41) is 4.41. The highest BCUT2D eigenvalue weighted by Crippen LogP contribution is 2.70. The molecule has 43 heavy (non-hydrogen) atoms. The van der Waals surface area contributed by atoms with Crippen LogP contribution in [-0.4, -0.2) is 39.9 Å². The zero-order chi connectivity index (χ0) is 30.3. The Balaban J connectivity index is 1.14. The average Bonchev–Trinajstić information content (AvgIpc) is 3.47. The van der Waals surface area contributed by atoms with Crippen molar-refractivity contribution < 1.29 is 27.2 Å². The minimum Gasteiger partial charge on any atom is -0.435 e. The fraction of sp³-hybridized carbons (Fsp3) is 0.576. The maximum Gasteiger partial charge on any atom is 0.387 e. The number of ether oxygens (including phenoxy) is 1. The smallest absolute Gasteiger partial charge is 0.387 e. The van der Waals surface area contributed by atoms with Crippen LogP contribution in [0.5, 0.6) is 5.75 Å². The lowest BCUT2D eigenvalue weighted by atomic mass is 9.41. The van der Waals surface area contributed by atoms with Crippen LogP contribution in [0.1, 0.15) is 90.3 Å². The predicted octanol–water partition coefficient (Wildman–Crippen LogP) is 7.55. The van der Waals surface area contributed by atoms with E-state index in [0.717, 1.165) is 55.5 Å². The number of carbonyl (C=O) groups excluding carboxylic acids is 1. The Morgan fingerprint density at radius 1 is 1.00 bits per heavy atom. The van der Waals surface area contributed by atoms with Crippen molar-refractivity contribution in [2.24, 2.45) is 10.8 Å². The van der Waals surface area contributed by atoms with Gasteiger partial charge in [0.1, 0.15) is 17.2 Å². The second-order valence-electron chi connectivity index (χ2n) is 14.6. The lowest BCUT2D eigenvalue weighted by Crippen LogP contribution is -2.71. The van der Waals surface area contributed by atoms with E-state index >= 15 is 0 Å². The summed E-state index contributed by atoms with van der Waals surface area (Å²) in [7, 11) is 0. The Morgan fingerprint density at radius 2 is 1.65 bits per heavy atom. The molecule has 10 heteroatoms. The largest absolute Gasteiger partial charge is 0.435 e. The second kappa shape index (κ2) is 9.53. The molecular weight excluding hydrogens is 557 g/mol. The summed E-state index contributed by atoms with van der Waals surface area (Å²) in [6, 6.07) is 10.1. The first-order valence-electron chi connectivity index (χ1n) is 15.2. The van der Waals surface area contributed by atoms with Gasteiger partial charge in [0.05, 0.1) is 5.41 Å². The molecule has 1 amide bonds. The monoisotopic (exact) mass is 594 g/mol. The Kier molecular flexibility index (Phi) is 6.28. The van der Waals surface area contributed by atoms with Gasteiger partial charge in [0.2, 0.25) is 11.8 Å². The summed E-state index contributed by atoms with van der Waals surface area (Å²) >= 11 is 0. The number of benzene rings is 1. The molecule has 0 aliphatic heterocycles. The van der Waals surface area contributed by atoms with Crippen molar-refractivity contribution in [1.82, 2.24) is 15.1 Å². The van der Waals surface area contributed by atoms with Crippen LogP contribution in [0.4, 0.5) is 19.0 Å². The molecule has 2 heterocycles. The number of alkyl halides is 3. The van der Waals surface area contributed by atoms with Gasteiger partial charge in [0, 0.05) is 23.6 Å². The van der Waals surface area contributed by atoms with Gasteiger partial charge in [-0.3, -0.25) is 9.69 Å². The molecule has 0 unspecified atom stereocenters. The minimum absolute atomic E-state index is 0.0397. The summed E-state index contributed by atoms with van der Waals surface area (Å²) in [6.45, 7) is 3.83. The van der Waals surface area contributed by atoms with Gasteiger partial charge in [-0.25, -0.2) is 9.37 Å². The molecule has 228 valence electrons. The molecule has 0 radical (unpaired) electrons. The van der Waals surface area contributed by atoms with Crippen molar-refractivity contribution in [2.45, 2.75) is 102 Å². The summed E-state index contributed by atoms with van der Waals surface area (Å²) in [5.74, 6) is 2.04. The number of hydrogen-bond acceptors (Lipinski definition) is 6. The molecule has 6 saturated carbocycles. The highest BCUT2D eigenvalue weighted by Gasteiger charge is 2.73. The van der Waals surface area contributed by atoms with E-state index in [1.807, 2.05) is 17.0 Å². The SMILES string of the molecule is CC(C)(C)c1nc(C23CCC(CN(C(=O)C45CC(F)(C4)C5)c4cc(-c5ccc(OC(F)F)cc5)ccn4)(CC2)CC3)no1. The number of fused-ring (bicyclic) bond motifs is 3. The standard InChI is InChI=1S/C33H37F3N4O3/c1-29(2,3)26-38-25(39-43-26)31-12-9-30(10-13-31,11-14-31)20-40(27(41)32-17-33(36,18-32)19-32)24-16-22(8-15-37-24)21-4-6-23(7-5-21)42-28(34)35/h4-8,15-16,28H,9-14,17-20H2,1-3H3. The third-order valence-electron chi connectivity index (χ3n) is 10.5. The zero-order valence-electron chi connectivity index (χ0n) is 24.8. The van der Waals surface area contributed by atoms with E-state index in [2.05, 4.69) is 35.6 Å². The van der Waals surface area contributed by atoms with Gasteiger partial charge in [0.15, 0.2) is 5.82 Å². The van der Waals surface area contributed by atoms with E-state index < -0.39 is 17.7 Å². The maximum absolute atomic E-state index is 14.6. The number of anilines is 1. The fourth-order valence-corrected chi connectivity index (χ4v) is 7.92. The van der Waals surface area contributed by atoms with Gasteiger partial charge in [-0.2, -0.15) is 13.8 Å². The van der Waals surface area contributed by atoms with Gasteiger partial charge >= 0.3 is 6.61 Å². The van der Waals surface area contributed by atoms with E-state index in [9.17, 15) is 18.0 Å². The van der Waals surface area contributed by atoms with Crippen LogP contribution < -0.4 is 9.64 Å². The molecule has 1 aromatic carbocycles. The van der Waals surface area contributed by atoms with Gasteiger partial charge in [-0.1, -0.05) is 38.1 Å². The summed E-state index contributed by atoms with van der Waals surface area (Å²) < 4.78 is 49.9. The molecule has 6 fully saturated rings. The molecule has 0 saturated heterocycles. The summed E-state index contributed by atoms with van der Waals surface area (Å²) in [5.41, 5.74) is -0.618. The van der Waals surface area contributed by atoms with Crippen LogP contribution in [0.15, 0.2) is 47.1 Å². The Hall–Kier alpha value is -3.43. The minimum atomic E-state index is -2.89. The second-order valence-corrected chi connectivity index (χ2v) is 14.6. The van der Waals surface area contributed by atoms with Gasteiger partial charge in [-0.15, -0.1) is 0 Å². The van der Waals surface area contributed by atoms with E-state index in [1.54, 1.807) is 18.3 Å². The number of halogens is 3. The van der Waals surface area contributed by atoms with E-state index in [1.165, 1.54) is 12.1 Å². The van der Waals surface area contributed by atoms with Crippen LogP contribution in [-0.2, 0) is 15.6 Å². The number of nitrogens with zero attached hydrogens (tertiary/aromatic N) is 4. The number of pyridine rings is 1. The van der Waals surface area contributed by atoms with Gasteiger partial charge in [0.25, 0.3) is 0 Å². The number of amides is 1. The van der Waals surface area contributed by atoms with Crippen molar-refractivity contribution >= 4 is 11.7 Å². The lowest BCUT2D eigenvalue weighted by Gasteiger charge is -2.65. The van der Waals surface area contributed by atoms with Crippen LogP contribution in [0.2, 0.25) is 0 Å². The molecule has 0 atom stereocenters. The van der Waals surface area contributed by atoms with E-state index in [4.69, 9.17) is 9.51 Å². The number of carbonyl (C=O) groups is 1. The van der Waals surface area contributed by atoms with Crippen LogP contribution >= 0.6 is 0 Å². The molecule has 3 aromatic rings. The summed E-state index contributed by atoms with van der Waals surface area (Å²) in [4.78, 5) is 25.4. The first-order valence-corrected chi connectivity index (χ1v) is 15.2. The molecule has 6 aliphatic carbocycles. The van der Waals surface area contributed by atoms with E-state index in [0.29, 0.717) is 18.3 Å². The molecule has 2 aromatic heterocycles. The number of aromatic nitrogens is 3. The Labute approximate surface area is 249 Å². The predicted molar refractivity (Wildman–Crippen MR) is 154 cm³/mol. The first kappa shape index (κ1) is 28.3. The van der Waals surface area contributed by atoms with Crippen LogP contribution in [0, 0.1) is 10.8 Å². The molecule has 0 N–H and O–H groups in total. The number of rotatable bonds is 8. The van der Waals surface area contributed by atoms with E-state index in [-0.39, 0.29) is 47.2 Å². The highest BCUT2D eigenvalue weighted by molar-refractivity contribution is 6.00. The Morgan fingerprint density at radius 3 is 2.21 bits per heavy atom. The van der Waals surface area contributed by atoms with Gasteiger partial charge in [-0.05, 0) is 98.6 Å². The van der Waals surface area contributed by atoms with Gasteiger partial charge < -0.3 is 9.26 Å². The topological polar surface area (TPSA) is 81.4 Å². The third kappa shape index (κ3) is 4.81. The zero-order valence-corrected chi connectivity index (χ0v) is 24.8. The van der Waals surface area contributed by atoms with Crippen molar-refractivity contribution in [3.05, 3.63) is 54.3 Å². The molecule has 7 nitrogen and oxygen atoms in total. The molecule has 9 rings (SSSR count). The Bertz CT molecular complexity index is 1500. The number of hydrogen-bond donors (Lipinski definition) is 0. The first-order chi connectivity index (χ1) is 20.3. The highest BCUT2D eigenvalue weighted by atomic mass is 19.3. The van der Waals surface area contributed by atoms with Crippen molar-refractivity contribution in [3.8, 4) is 16.9 Å². The van der Waals surface area contributed by atoms with Crippen molar-refractivity contribution in [3.63, 3.8) is 0 Å². The van der Waals surface area contributed by atoms with Crippen LogP contribution in [0.25, 0.3) is 11.1 Å². The lowest BCUT2D eigenvalue weighted by molar-refractivity contribution is -0.211. The van der Waals surface area contributed by atoms with Crippen molar-refractivity contribution in [2.75, 3.05) is 11.4 Å².